The van der Waals surface area contributed by atoms with Crippen LogP contribution in [0.3, 0.4) is 0 Å². The summed E-state index contributed by atoms with van der Waals surface area (Å²) in [5, 5.41) is 3.42. The minimum atomic E-state index is 0.0845. The first-order valence-electron chi connectivity index (χ1n) is 8.15. The van der Waals surface area contributed by atoms with Crippen LogP contribution in [0.5, 0.6) is 0 Å². The number of nitrogens with zero attached hydrogens (tertiary/aromatic N) is 1. The van der Waals surface area contributed by atoms with E-state index in [9.17, 15) is 4.79 Å². The summed E-state index contributed by atoms with van der Waals surface area (Å²) in [5.41, 5.74) is 0. The molecule has 1 heterocycles. The molecule has 3 heteroatoms. The Balaban J connectivity index is 1.96. The van der Waals surface area contributed by atoms with Crippen molar-refractivity contribution >= 4 is 5.91 Å². The molecule has 0 aromatic carbocycles. The first-order chi connectivity index (χ1) is 9.11. The molecule has 1 aliphatic heterocycles. The maximum Gasteiger partial charge on any atom is 0.239 e. The molecule has 2 aliphatic rings. The molecule has 2 fully saturated rings. The summed E-state index contributed by atoms with van der Waals surface area (Å²) in [5.74, 6) is 1.90. The molecule has 19 heavy (non-hydrogen) atoms. The fourth-order valence-corrected chi connectivity index (χ4v) is 3.93. The van der Waals surface area contributed by atoms with E-state index in [0.29, 0.717) is 11.9 Å². The van der Waals surface area contributed by atoms with Gasteiger partial charge in [-0.25, -0.2) is 0 Å². The van der Waals surface area contributed by atoms with E-state index in [1.54, 1.807) is 0 Å². The van der Waals surface area contributed by atoms with Crippen molar-refractivity contribution in [2.45, 2.75) is 71.4 Å². The molecule has 0 bridgehead atoms. The van der Waals surface area contributed by atoms with E-state index < -0.39 is 0 Å². The molecule has 0 radical (unpaired) electrons. The van der Waals surface area contributed by atoms with Gasteiger partial charge in [0.25, 0.3) is 0 Å². The van der Waals surface area contributed by atoms with Crippen LogP contribution in [0.4, 0.5) is 0 Å². The smallest absolute Gasteiger partial charge is 0.239 e. The molecule has 1 amide bonds. The molecule has 1 aliphatic carbocycles. The number of amides is 1. The molecular formula is C16H30N2O. The summed E-state index contributed by atoms with van der Waals surface area (Å²) in [7, 11) is 0. The van der Waals surface area contributed by atoms with Crippen molar-refractivity contribution in [1.29, 1.82) is 0 Å². The second kappa shape index (κ2) is 6.74. The lowest BCUT2D eigenvalue weighted by Crippen LogP contribution is -2.55. The lowest BCUT2D eigenvalue weighted by molar-refractivity contribution is -0.140. The summed E-state index contributed by atoms with van der Waals surface area (Å²) < 4.78 is 0. The molecule has 1 N–H and O–H groups in total. The SMILES string of the molecule is CCCNC1CCCN(C2CC(C)CC(C)C2)C1=O. The first kappa shape index (κ1) is 14.8. The number of likely N-dealkylation sites (tertiary alicyclic amines) is 1. The van der Waals surface area contributed by atoms with E-state index in [1.165, 1.54) is 19.3 Å². The zero-order chi connectivity index (χ0) is 13.8. The maximum absolute atomic E-state index is 12.6. The summed E-state index contributed by atoms with van der Waals surface area (Å²) >= 11 is 0. The Hall–Kier alpha value is -0.570. The summed E-state index contributed by atoms with van der Waals surface area (Å²) in [6.45, 7) is 8.77. The Morgan fingerprint density at radius 2 is 1.89 bits per heavy atom. The number of rotatable bonds is 4. The molecule has 0 aromatic rings. The highest BCUT2D eigenvalue weighted by molar-refractivity contribution is 5.83. The second-order valence-electron chi connectivity index (χ2n) is 6.75. The highest BCUT2D eigenvalue weighted by Crippen LogP contribution is 2.33. The van der Waals surface area contributed by atoms with E-state index in [1.807, 2.05) is 0 Å². The van der Waals surface area contributed by atoms with Gasteiger partial charge in [0.05, 0.1) is 6.04 Å². The lowest BCUT2D eigenvalue weighted by Gasteiger charge is -2.43. The van der Waals surface area contributed by atoms with Gasteiger partial charge in [-0.15, -0.1) is 0 Å². The fourth-order valence-electron chi connectivity index (χ4n) is 3.93. The van der Waals surface area contributed by atoms with Crippen LogP contribution in [-0.4, -0.2) is 36.0 Å². The Morgan fingerprint density at radius 3 is 2.53 bits per heavy atom. The number of carbonyl (C=O) groups excluding carboxylic acids is 1. The molecule has 0 aromatic heterocycles. The topological polar surface area (TPSA) is 32.3 Å². The Morgan fingerprint density at radius 1 is 1.21 bits per heavy atom. The predicted molar refractivity (Wildman–Crippen MR) is 79.0 cm³/mol. The van der Waals surface area contributed by atoms with E-state index in [0.717, 1.165) is 44.2 Å². The third-order valence-corrected chi connectivity index (χ3v) is 4.71. The second-order valence-corrected chi connectivity index (χ2v) is 6.75. The highest BCUT2D eigenvalue weighted by Gasteiger charge is 2.35. The predicted octanol–water partition coefficient (Wildman–Crippen LogP) is 2.80. The van der Waals surface area contributed by atoms with Gasteiger partial charge in [0.15, 0.2) is 0 Å². The number of hydrogen-bond acceptors (Lipinski definition) is 2. The minimum absolute atomic E-state index is 0.0845. The summed E-state index contributed by atoms with van der Waals surface area (Å²) in [6, 6.07) is 0.582. The normalized spacial score (nSPS) is 36.6. The van der Waals surface area contributed by atoms with Gasteiger partial charge in [-0.3, -0.25) is 4.79 Å². The Kier molecular flexibility index (Phi) is 5.26. The zero-order valence-electron chi connectivity index (χ0n) is 12.8. The average Bonchev–Trinajstić information content (AvgIpc) is 2.36. The minimum Gasteiger partial charge on any atom is -0.338 e. The standard InChI is InChI=1S/C16H30N2O/c1-4-7-17-15-6-5-8-18(16(15)19)14-10-12(2)9-13(3)11-14/h12-15,17H,4-11H2,1-3H3. The summed E-state index contributed by atoms with van der Waals surface area (Å²) in [6.07, 6.45) is 7.02. The van der Waals surface area contributed by atoms with E-state index in [4.69, 9.17) is 0 Å². The van der Waals surface area contributed by atoms with Crippen LogP contribution in [0.1, 0.15) is 59.3 Å². The van der Waals surface area contributed by atoms with Gasteiger partial charge in [0.2, 0.25) is 5.91 Å². The quantitative estimate of drug-likeness (QED) is 0.848. The van der Waals surface area contributed by atoms with Crippen molar-refractivity contribution in [1.82, 2.24) is 10.2 Å². The number of hydrogen-bond donors (Lipinski definition) is 1. The van der Waals surface area contributed by atoms with Gasteiger partial charge in [-0.2, -0.15) is 0 Å². The highest BCUT2D eigenvalue weighted by atomic mass is 16.2. The van der Waals surface area contributed by atoms with Crippen molar-refractivity contribution in [3.05, 3.63) is 0 Å². The molecule has 1 saturated carbocycles. The van der Waals surface area contributed by atoms with Crippen molar-refractivity contribution in [3.8, 4) is 0 Å². The van der Waals surface area contributed by atoms with Gasteiger partial charge >= 0.3 is 0 Å². The summed E-state index contributed by atoms with van der Waals surface area (Å²) in [4.78, 5) is 14.8. The van der Waals surface area contributed by atoms with Crippen LogP contribution in [-0.2, 0) is 4.79 Å². The molecule has 3 unspecified atom stereocenters. The lowest BCUT2D eigenvalue weighted by atomic mass is 9.79. The van der Waals surface area contributed by atoms with Crippen molar-refractivity contribution in [2.24, 2.45) is 11.8 Å². The largest absolute Gasteiger partial charge is 0.338 e. The van der Waals surface area contributed by atoms with Gasteiger partial charge in [0, 0.05) is 12.6 Å². The van der Waals surface area contributed by atoms with Gasteiger partial charge in [-0.05, 0) is 56.9 Å². The van der Waals surface area contributed by atoms with E-state index >= 15 is 0 Å². The molecule has 3 atom stereocenters. The molecule has 0 spiro atoms. The van der Waals surface area contributed by atoms with Gasteiger partial charge in [0.1, 0.15) is 0 Å². The van der Waals surface area contributed by atoms with Crippen LogP contribution in [0.25, 0.3) is 0 Å². The molecular weight excluding hydrogens is 236 g/mol. The van der Waals surface area contributed by atoms with Crippen LogP contribution in [0, 0.1) is 11.8 Å². The fraction of sp³-hybridized carbons (Fsp3) is 0.938. The van der Waals surface area contributed by atoms with Crippen LogP contribution in [0.2, 0.25) is 0 Å². The molecule has 1 saturated heterocycles. The number of carbonyl (C=O) groups is 1. The number of piperidine rings is 1. The molecule has 2 rings (SSSR count). The zero-order valence-corrected chi connectivity index (χ0v) is 12.8. The van der Waals surface area contributed by atoms with Crippen LogP contribution < -0.4 is 5.32 Å². The van der Waals surface area contributed by atoms with Crippen molar-refractivity contribution < 1.29 is 4.79 Å². The monoisotopic (exact) mass is 266 g/mol. The third kappa shape index (κ3) is 3.71. The third-order valence-electron chi connectivity index (χ3n) is 4.71. The first-order valence-corrected chi connectivity index (χ1v) is 8.15. The van der Waals surface area contributed by atoms with Crippen molar-refractivity contribution in [3.63, 3.8) is 0 Å². The molecule has 110 valence electrons. The van der Waals surface area contributed by atoms with Gasteiger partial charge < -0.3 is 10.2 Å². The Labute approximate surface area is 118 Å². The number of nitrogens with one attached hydrogen (secondary N) is 1. The van der Waals surface area contributed by atoms with E-state index in [-0.39, 0.29) is 6.04 Å². The van der Waals surface area contributed by atoms with Crippen molar-refractivity contribution in [2.75, 3.05) is 13.1 Å². The van der Waals surface area contributed by atoms with Crippen LogP contribution in [0.15, 0.2) is 0 Å². The Bertz CT molecular complexity index is 295. The molecule has 3 nitrogen and oxygen atoms in total. The maximum atomic E-state index is 12.6. The van der Waals surface area contributed by atoms with Gasteiger partial charge in [-0.1, -0.05) is 20.8 Å². The van der Waals surface area contributed by atoms with Crippen LogP contribution >= 0.6 is 0 Å². The van der Waals surface area contributed by atoms with E-state index in [2.05, 4.69) is 31.0 Å². The average molecular weight is 266 g/mol.